The third-order valence-corrected chi connectivity index (χ3v) is 5.59. The Hall–Kier alpha value is -0.350. The topological polar surface area (TPSA) is 12.0 Å². The van der Waals surface area contributed by atoms with Gasteiger partial charge in [-0.2, -0.15) is 0 Å². The molecule has 0 amide bonds. The minimum absolute atomic E-state index is 0.144. The maximum atomic E-state index is 6.48. The van der Waals surface area contributed by atoms with Crippen LogP contribution in [0, 0.1) is 13.8 Å². The summed E-state index contributed by atoms with van der Waals surface area (Å²) < 4.78 is 1.15. The molecule has 1 nitrogen and oxygen atoms in total. The molecule has 102 valence electrons. The number of rotatable bonds is 4. The lowest BCUT2D eigenvalue weighted by atomic mass is 10.0. The minimum Gasteiger partial charge on any atom is -0.306 e. The molecule has 4 heteroatoms. The number of nitrogens with one attached hydrogen (secondary N) is 1. The van der Waals surface area contributed by atoms with Gasteiger partial charge in [-0.05, 0) is 53.5 Å². The summed E-state index contributed by atoms with van der Waals surface area (Å²) in [7, 11) is 0. The minimum atomic E-state index is 0.144. The van der Waals surface area contributed by atoms with E-state index in [0.717, 1.165) is 27.2 Å². The van der Waals surface area contributed by atoms with Gasteiger partial charge in [-0.25, -0.2) is 0 Å². The van der Waals surface area contributed by atoms with E-state index in [1.54, 1.807) is 11.3 Å². The Morgan fingerprint density at radius 1 is 1.37 bits per heavy atom. The Balaban J connectivity index is 2.51. The molecule has 0 radical (unpaired) electrons. The van der Waals surface area contributed by atoms with Crippen LogP contribution >= 0.6 is 38.9 Å². The van der Waals surface area contributed by atoms with Crippen LogP contribution in [0.25, 0.3) is 0 Å². The molecule has 0 saturated carbocycles. The average Bonchev–Trinajstić information content (AvgIpc) is 2.69. The van der Waals surface area contributed by atoms with Crippen molar-refractivity contribution in [2.75, 3.05) is 6.54 Å². The van der Waals surface area contributed by atoms with E-state index in [1.807, 2.05) is 13.0 Å². The smallest absolute Gasteiger partial charge is 0.0697 e. The first-order chi connectivity index (χ1) is 9.04. The van der Waals surface area contributed by atoms with Crippen molar-refractivity contribution in [3.05, 3.63) is 54.6 Å². The van der Waals surface area contributed by atoms with Crippen molar-refractivity contribution < 1.29 is 0 Å². The molecule has 1 atom stereocenters. The highest BCUT2D eigenvalue weighted by Crippen LogP contribution is 2.38. The molecule has 0 bridgehead atoms. The SMILES string of the molecule is CCNC(c1cccc(C)c1Cl)c1sc(C)cc1Br. The Kier molecular flexibility index (Phi) is 5.07. The highest BCUT2D eigenvalue weighted by Gasteiger charge is 2.21. The zero-order valence-corrected chi connectivity index (χ0v) is 14.4. The highest BCUT2D eigenvalue weighted by atomic mass is 79.9. The van der Waals surface area contributed by atoms with E-state index >= 15 is 0 Å². The number of hydrogen-bond acceptors (Lipinski definition) is 2. The molecule has 1 unspecified atom stereocenters. The molecular weight excluding hydrogens is 342 g/mol. The predicted octanol–water partition coefficient (Wildman–Crippen LogP) is 5.48. The van der Waals surface area contributed by atoms with Gasteiger partial charge >= 0.3 is 0 Å². The summed E-state index contributed by atoms with van der Waals surface area (Å²) >= 11 is 11.9. The molecule has 2 rings (SSSR count). The lowest BCUT2D eigenvalue weighted by molar-refractivity contribution is 0.638. The van der Waals surface area contributed by atoms with Gasteiger partial charge in [-0.3, -0.25) is 0 Å². The Morgan fingerprint density at radius 2 is 2.11 bits per heavy atom. The third kappa shape index (κ3) is 3.22. The Labute approximate surface area is 132 Å². The molecule has 0 spiro atoms. The molecule has 2 aromatic rings. The van der Waals surface area contributed by atoms with Gasteiger partial charge in [0.15, 0.2) is 0 Å². The van der Waals surface area contributed by atoms with Crippen LogP contribution in [0.4, 0.5) is 0 Å². The second-order valence-electron chi connectivity index (χ2n) is 4.54. The van der Waals surface area contributed by atoms with Gasteiger partial charge in [0.25, 0.3) is 0 Å². The zero-order chi connectivity index (χ0) is 14.0. The number of aryl methyl sites for hydroxylation is 2. The number of halogens is 2. The first-order valence-electron chi connectivity index (χ1n) is 6.28. The Morgan fingerprint density at radius 3 is 2.68 bits per heavy atom. The van der Waals surface area contributed by atoms with Crippen molar-refractivity contribution in [1.29, 1.82) is 0 Å². The van der Waals surface area contributed by atoms with Crippen LogP contribution in [0.1, 0.15) is 33.8 Å². The van der Waals surface area contributed by atoms with Crippen LogP contribution < -0.4 is 5.32 Å². The van der Waals surface area contributed by atoms with Crippen LogP contribution in [-0.2, 0) is 0 Å². The largest absolute Gasteiger partial charge is 0.306 e. The molecule has 0 saturated heterocycles. The van der Waals surface area contributed by atoms with Crippen LogP contribution in [0.2, 0.25) is 5.02 Å². The highest BCUT2D eigenvalue weighted by molar-refractivity contribution is 9.10. The fourth-order valence-corrected chi connectivity index (χ4v) is 4.35. The fourth-order valence-electron chi connectivity index (χ4n) is 2.14. The molecule has 19 heavy (non-hydrogen) atoms. The first kappa shape index (κ1) is 15.0. The summed E-state index contributed by atoms with van der Waals surface area (Å²) in [5, 5.41) is 4.39. The fraction of sp³-hybridized carbons (Fsp3) is 0.333. The molecule has 1 aromatic carbocycles. The van der Waals surface area contributed by atoms with E-state index in [9.17, 15) is 0 Å². The predicted molar refractivity (Wildman–Crippen MR) is 88.5 cm³/mol. The molecule has 0 aliphatic carbocycles. The molecular formula is C15H17BrClNS. The van der Waals surface area contributed by atoms with Crippen molar-refractivity contribution in [3.8, 4) is 0 Å². The molecule has 1 heterocycles. The lowest BCUT2D eigenvalue weighted by Gasteiger charge is -2.20. The van der Waals surface area contributed by atoms with E-state index in [4.69, 9.17) is 11.6 Å². The van der Waals surface area contributed by atoms with Crippen LogP contribution in [-0.4, -0.2) is 6.54 Å². The second-order valence-corrected chi connectivity index (χ2v) is 7.06. The molecule has 1 aromatic heterocycles. The van der Waals surface area contributed by atoms with Gasteiger partial charge in [-0.1, -0.05) is 36.7 Å². The number of benzene rings is 1. The zero-order valence-electron chi connectivity index (χ0n) is 11.3. The van der Waals surface area contributed by atoms with E-state index < -0.39 is 0 Å². The average molecular weight is 359 g/mol. The summed E-state index contributed by atoms with van der Waals surface area (Å²) in [6.07, 6.45) is 0. The molecule has 0 aliphatic rings. The van der Waals surface area contributed by atoms with Crippen molar-refractivity contribution in [2.45, 2.75) is 26.8 Å². The summed E-state index contributed by atoms with van der Waals surface area (Å²) in [4.78, 5) is 2.58. The van der Waals surface area contributed by atoms with Crippen molar-refractivity contribution >= 4 is 38.9 Å². The van der Waals surface area contributed by atoms with Crippen molar-refractivity contribution in [2.24, 2.45) is 0 Å². The summed E-state index contributed by atoms with van der Waals surface area (Å²) in [6.45, 7) is 7.19. The van der Waals surface area contributed by atoms with Crippen molar-refractivity contribution in [1.82, 2.24) is 5.32 Å². The van der Waals surface area contributed by atoms with Gasteiger partial charge in [0.05, 0.1) is 6.04 Å². The number of thiophene rings is 1. The van der Waals surface area contributed by atoms with Crippen LogP contribution in [0.15, 0.2) is 28.7 Å². The maximum absolute atomic E-state index is 6.48. The maximum Gasteiger partial charge on any atom is 0.0697 e. The van der Waals surface area contributed by atoms with Gasteiger partial charge in [0.2, 0.25) is 0 Å². The standard InChI is InChI=1S/C15H17BrClNS/c1-4-18-14(15-12(16)8-10(3)19-15)11-7-5-6-9(2)13(11)17/h5-8,14,18H,4H2,1-3H3. The summed E-state index contributed by atoms with van der Waals surface area (Å²) in [6, 6.07) is 8.52. The molecule has 1 N–H and O–H groups in total. The Bertz CT molecular complexity index is 580. The van der Waals surface area contributed by atoms with Gasteiger partial charge < -0.3 is 5.32 Å². The molecule has 0 fully saturated rings. The van der Waals surface area contributed by atoms with Gasteiger partial charge in [0, 0.05) is 19.2 Å². The van der Waals surface area contributed by atoms with E-state index in [2.05, 4.69) is 53.3 Å². The lowest BCUT2D eigenvalue weighted by Crippen LogP contribution is -2.21. The normalized spacial score (nSPS) is 12.7. The summed E-state index contributed by atoms with van der Waals surface area (Å²) in [5.41, 5.74) is 2.26. The van der Waals surface area contributed by atoms with E-state index in [1.165, 1.54) is 9.75 Å². The van der Waals surface area contributed by atoms with Gasteiger partial charge in [-0.15, -0.1) is 11.3 Å². The second kappa shape index (κ2) is 6.40. The van der Waals surface area contributed by atoms with Gasteiger partial charge in [0.1, 0.15) is 0 Å². The third-order valence-electron chi connectivity index (χ3n) is 3.04. The monoisotopic (exact) mass is 357 g/mol. The van der Waals surface area contributed by atoms with E-state index in [0.29, 0.717) is 0 Å². The number of hydrogen-bond donors (Lipinski definition) is 1. The quantitative estimate of drug-likeness (QED) is 0.763. The van der Waals surface area contributed by atoms with Crippen LogP contribution in [0.5, 0.6) is 0 Å². The van der Waals surface area contributed by atoms with Crippen LogP contribution in [0.3, 0.4) is 0 Å². The first-order valence-corrected chi connectivity index (χ1v) is 8.27. The van der Waals surface area contributed by atoms with Crippen molar-refractivity contribution in [3.63, 3.8) is 0 Å². The molecule has 0 aliphatic heterocycles. The summed E-state index contributed by atoms with van der Waals surface area (Å²) in [5.74, 6) is 0. The van der Waals surface area contributed by atoms with E-state index in [-0.39, 0.29) is 6.04 Å².